The predicted molar refractivity (Wildman–Crippen MR) is 78.8 cm³/mol. The van der Waals surface area contributed by atoms with Gasteiger partial charge in [-0.25, -0.2) is 8.78 Å². The van der Waals surface area contributed by atoms with Crippen LogP contribution < -0.4 is 5.32 Å². The van der Waals surface area contributed by atoms with Crippen LogP contribution in [0.3, 0.4) is 0 Å². The largest absolute Gasteiger partial charge is 0.391 e. The summed E-state index contributed by atoms with van der Waals surface area (Å²) in [6.45, 7) is 0.348. The third-order valence-corrected chi connectivity index (χ3v) is 3.22. The summed E-state index contributed by atoms with van der Waals surface area (Å²) in [6.07, 6.45) is 0.788. The Morgan fingerprint density at radius 2 is 2.13 bits per heavy atom. The number of aliphatic hydroxyl groups is 1. The van der Waals surface area contributed by atoms with E-state index in [1.807, 2.05) is 0 Å². The second-order valence-electron chi connectivity index (χ2n) is 4.91. The Bertz CT molecular complexity index is 655. The number of H-pyrrole nitrogens is 1. The average Bonchev–Trinajstić information content (AvgIpc) is 2.96. The van der Waals surface area contributed by atoms with Crippen LogP contribution in [0.4, 0.5) is 8.78 Å². The number of carbonyl (C=O) groups excluding carboxylic acids is 1. The number of hydrogen-bond donors (Lipinski definition) is 3. The number of methoxy groups -OCH3 is 1. The molecule has 0 saturated heterocycles. The van der Waals surface area contributed by atoms with Crippen LogP contribution in [0.25, 0.3) is 11.3 Å². The molecule has 0 aliphatic carbocycles. The first-order chi connectivity index (χ1) is 11.0. The van der Waals surface area contributed by atoms with Gasteiger partial charge in [0.25, 0.3) is 5.91 Å². The average molecular weight is 325 g/mol. The van der Waals surface area contributed by atoms with Crippen LogP contribution in [0.2, 0.25) is 0 Å². The lowest BCUT2D eigenvalue weighted by molar-refractivity contribution is 0.0588. The molecule has 6 nitrogen and oxygen atoms in total. The molecule has 3 N–H and O–H groups in total. The lowest BCUT2D eigenvalue weighted by Crippen LogP contribution is -2.28. The van der Waals surface area contributed by atoms with Crippen molar-refractivity contribution in [1.82, 2.24) is 15.5 Å². The SMILES string of the molecule is COCC(O)CCNC(=O)c1cn[nH]c1-c1c(F)cccc1F. The number of aromatic amines is 1. The van der Waals surface area contributed by atoms with Gasteiger partial charge in [-0.05, 0) is 18.6 Å². The number of aromatic nitrogens is 2. The molecule has 0 aliphatic rings. The Kier molecular flexibility index (Phi) is 5.78. The van der Waals surface area contributed by atoms with Crippen LogP contribution in [0.1, 0.15) is 16.8 Å². The zero-order valence-corrected chi connectivity index (χ0v) is 12.5. The smallest absolute Gasteiger partial charge is 0.255 e. The first-order valence-corrected chi connectivity index (χ1v) is 6.97. The van der Waals surface area contributed by atoms with E-state index in [4.69, 9.17) is 4.74 Å². The quantitative estimate of drug-likeness (QED) is 0.720. The molecule has 0 spiro atoms. The maximum Gasteiger partial charge on any atom is 0.255 e. The molecular weight excluding hydrogens is 308 g/mol. The van der Waals surface area contributed by atoms with E-state index >= 15 is 0 Å². The number of carbonyl (C=O) groups is 1. The van der Waals surface area contributed by atoms with Crippen molar-refractivity contribution in [2.75, 3.05) is 20.3 Å². The van der Waals surface area contributed by atoms with Crippen LogP contribution in [0.5, 0.6) is 0 Å². The van der Waals surface area contributed by atoms with Crippen LogP contribution in [-0.4, -0.2) is 47.6 Å². The minimum atomic E-state index is -0.793. The van der Waals surface area contributed by atoms with E-state index in [-0.39, 0.29) is 30.0 Å². The van der Waals surface area contributed by atoms with E-state index in [0.29, 0.717) is 6.42 Å². The Hall–Kier alpha value is -2.32. The second-order valence-corrected chi connectivity index (χ2v) is 4.91. The highest BCUT2D eigenvalue weighted by Gasteiger charge is 2.20. The van der Waals surface area contributed by atoms with Crippen LogP contribution >= 0.6 is 0 Å². The van der Waals surface area contributed by atoms with E-state index < -0.39 is 23.6 Å². The van der Waals surface area contributed by atoms with Gasteiger partial charge < -0.3 is 15.2 Å². The number of nitrogens with zero attached hydrogens (tertiary/aromatic N) is 1. The number of hydrogen-bond acceptors (Lipinski definition) is 4. The summed E-state index contributed by atoms with van der Waals surface area (Å²) in [5, 5.41) is 18.2. The zero-order valence-electron chi connectivity index (χ0n) is 12.5. The highest BCUT2D eigenvalue weighted by Crippen LogP contribution is 2.26. The molecule has 0 aliphatic heterocycles. The summed E-state index contributed by atoms with van der Waals surface area (Å²) >= 11 is 0. The fourth-order valence-electron chi connectivity index (χ4n) is 2.11. The van der Waals surface area contributed by atoms with Gasteiger partial charge >= 0.3 is 0 Å². The molecule has 124 valence electrons. The summed E-state index contributed by atoms with van der Waals surface area (Å²) in [5.41, 5.74) is -0.347. The molecule has 8 heteroatoms. The van der Waals surface area contributed by atoms with Crippen molar-refractivity contribution in [2.24, 2.45) is 0 Å². The maximum atomic E-state index is 13.8. The first kappa shape index (κ1) is 17.0. The second kappa shape index (κ2) is 7.80. The van der Waals surface area contributed by atoms with Crippen molar-refractivity contribution >= 4 is 5.91 Å². The summed E-state index contributed by atoms with van der Waals surface area (Å²) in [4.78, 5) is 12.1. The topological polar surface area (TPSA) is 87.2 Å². The predicted octanol–water partition coefficient (Wildman–Crippen LogP) is 1.48. The molecule has 1 amide bonds. The molecule has 2 aromatic rings. The molecule has 1 unspecified atom stereocenters. The molecule has 1 aromatic carbocycles. The highest BCUT2D eigenvalue weighted by atomic mass is 19.1. The normalized spacial score (nSPS) is 12.2. The summed E-state index contributed by atoms with van der Waals surface area (Å²) < 4.78 is 32.4. The van der Waals surface area contributed by atoms with Crippen molar-refractivity contribution in [3.8, 4) is 11.3 Å². The summed E-state index contributed by atoms with van der Waals surface area (Å²) in [7, 11) is 1.46. The third kappa shape index (κ3) is 4.11. The molecule has 0 radical (unpaired) electrons. The van der Waals surface area contributed by atoms with Crippen LogP contribution in [-0.2, 0) is 4.74 Å². The monoisotopic (exact) mass is 325 g/mol. The molecule has 23 heavy (non-hydrogen) atoms. The van der Waals surface area contributed by atoms with Crippen molar-refractivity contribution in [3.05, 3.63) is 41.6 Å². The van der Waals surface area contributed by atoms with E-state index in [1.165, 1.54) is 19.4 Å². The lowest BCUT2D eigenvalue weighted by atomic mass is 10.1. The molecule has 0 saturated carbocycles. The van der Waals surface area contributed by atoms with Crippen molar-refractivity contribution < 1.29 is 23.4 Å². The number of ether oxygens (including phenoxy) is 1. The van der Waals surface area contributed by atoms with Gasteiger partial charge in [-0.15, -0.1) is 0 Å². The van der Waals surface area contributed by atoms with Crippen molar-refractivity contribution in [3.63, 3.8) is 0 Å². The number of nitrogens with one attached hydrogen (secondary N) is 2. The molecule has 1 heterocycles. The molecular formula is C15H17F2N3O3. The third-order valence-electron chi connectivity index (χ3n) is 3.22. The minimum Gasteiger partial charge on any atom is -0.391 e. The van der Waals surface area contributed by atoms with E-state index in [2.05, 4.69) is 15.5 Å². The Morgan fingerprint density at radius 3 is 2.78 bits per heavy atom. The van der Waals surface area contributed by atoms with Crippen molar-refractivity contribution in [2.45, 2.75) is 12.5 Å². The summed E-state index contributed by atoms with van der Waals surface area (Å²) in [6, 6.07) is 3.44. The lowest BCUT2D eigenvalue weighted by Gasteiger charge is -2.10. The molecule has 2 rings (SSSR count). The molecule has 0 bridgehead atoms. The highest BCUT2D eigenvalue weighted by molar-refractivity contribution is 5.99. The van der Waals surface area contributed by atoms with Gasteiger partial charge in [0.15, 0.2) is 0 Å². The molecule has 0 fully saturated rings. The van der Waals surface area contributed by atoms with Gasteiger partial charge in [-0.1, -0.05) is 6.07 Å². The first-order valence-electron chi connectivity index (χ1n) is 6.97. The number of aliphatic hydroxyl groups excluding tert-OH is 1. The maximum absolute atomic E-state index is 13.8. The van der Waals surface area contributed by atoms with E-state index in [1.54, 1.807) is 0 Å². The summed E-state index contributed by atoms with van der Waals surface area (Å²) in [5.74, 6) is -2.13. The Labute approximate surface area is 131 Å². The molecule has 1 atom stereocenters. The number of amides is 1. The van der Waals surface area contributed by atoms with Gasteiger partial charge in [0.05, 0.1) is 35.7 Å². The van der Waals surface area contributed by atoms with Gasteiger partial charge in [-0.2, -0.15) is 5.10 Å². The number of halogens is 2. The number of benzene rings is 1. The molecule has 1 aromatic heterocycles. The van der Waals surface area contributed by atoms with Crippen LogP contribution in [0, 0.1) is 11.6 Å². The Balaban J connectivity index is 2.10. The van der Waals surface area contributed by atoms with Gasteiger partial charge in [0.2, 0.25) is 0 Å². The standard InChI is InChI=1S/C15H17F2N3O3/c1-23-8-9(21)5-6-18-15(22)10-7-19-20-14(10)13-11(16)3-2-4-12(13)17/h2-4,7,9,21H,5-6,8H2,1H3,(H,18,22)(H,19,20). The van der Waals surface area contributed by atoms with Crippen molar-refractivity contribution in [1.29, 1.82) is 0 Å². The zero-order chi connectivity index (χ0) is 16.8. The van der Waals surface area contributed by atoms with Gasteiger partial charge in [0.1, 0.15) is 11.6 Å². The Morgan fingerprint density at radius 1 is 1.43 bits per heavy atom. The van der Waals surface area contributed by atoms with E-state index in [9.17, 15) is 18.7 Å². The number of rotatable bonds is 7. The van der Waals surface area contributed by atoms with Gasteiger partial charge in [0, 0.05) is 13.7 Å². The fraction of sp³-hybridized carbons (Fsp3) is 0.333. The van der Waals surface area contributed by atoms with Crippen LogP contribution in [0.15, 0.2) is 24.4 Å². The van der Waals surface area contributed by atoms with E-state index in [0.717, 1.165) is 12.1 Å². The fourth-order valence-corrected chi connectivity index (χ4v) is 2.11. The van der Waals surface area contributed by atoms with Gasteiger partial charge in [-0.3, -0.25) is 9.89 Å². The minimum absolute atomic E-state index is 0.0234.